The molecule has 0 bridgehead atoms. The van der Waals surface area contributed by atoms with Gasteiger partial charge in [-0.3, -0.25) is 4.18 Å². The van der Waals surface area contributed by atoms with E-state index in [9.17, 15) is 18.0 Å². The lowest BCUT2D eigenvalue weighted by molar-refractivity contribution is -0.165. The highest BCUT2D eigenvalue weighted by atomic mass is 32.2. The lowest BCUT2D eigenvalue weighted by Crippen LogP contribution is -2.36. The molecule has 0 unspecified atom stereocenters. The van der Waals surface area contributed by atoms with Crippen LogP contribution in [0.5, 0.6) is 0 Å². The Morgan fingerprint density at radius 1 is 0.821 bits per heavy atom. The number of aliphatic hydroxyl groups excluding tert-OH is 1. The van der Waals surface area contributed by atoms with E-state index in [0.29, 0.717) is 19.4 Å². The highest BCUT2D eigenvalue weighted by Gasteiger charge is 2.29. The summed E-state index contributed by atoms with van der Waals surface area (Å²) in [7, 11) is -0.811. The lowest BCUT2D eigenvalue weighted by Gasteiger charge is -2.21. The van der Waals surface area contributed by atoms with Gasteiger partial charge >= 0.3 is 11.9 Å². The van der Waals surface area contributed by atoms with Gasteiger partial charge in [-0.15, -0.1) is 0 Å². The maximum Gasteiger partial charge on any atom is 0.337 e. The van der Waals surface area contributed by atoms with E-state index in [4.69, 9.17) is 14.6 Å². The van der Waals surface area contributed by atoms with Crippen LogP contribution < -0.4 is 0 Å². The summed E-state index contributed by atoms with van der Waals surface area (Å²) in [6.07, 6.45) is 1.89. The first kappa shape index (κ1) is 28.9. The maximum atomic E-state index is 11.2. The van der Waals surface area contributed by atoms with E-state index in [1.807, 2.05) is 0 Å². The molecule has 0 fully saturated rings. The van der Waals surface area contributed by atoms with Gasteiger partial charge in [0.25, 0.3) is 10.1 Å². The molecule has 0 amide bonds. The molecule has 0 aromatic rings. The highest BCUT2D eigenvalue weighted by molar-refractivity contribution is 7.85. The molecule has 0 saturated heterocycles. The summed E-state index contributed by atoms with van der Waals surface area (Å²) < 4.78 is 45.2. The van der Waals surface area contributed by atoms with Crippen LogP contribution >= 0.6 is 0 Å². The molecule has 0 radical (unpaired) electrons. The second-order valence-corrected chi connectivity index (χ2v) is 8.30. The van der Waals surface area contributed by atoms with Crippen LogP contribution in [0.2, 0.25) is 0 Å². The van der Waals surface area contributed by atoms with Gasteiger partial charge in [0.15, 0.2) is 11.2 Å². The van der Waals surface area contributed by atoms with Gasteiger partial charge in [-0.25, -0.2) is 9.59 Å². The van der Waals surface area contributed by atoms with E-state index >= 15 is 0 Å². The second kappa shape index (κ2) is 13.8. The van der Waals surface area contributed by atoms with Gasteiger partial charge in [-0.1, -0.05) is 0 Å². The minimum Gasteiger partial charge on any atom is -0.467 e. The summed E-state index contributed by atoms with van der Waals surface area (Å²) in [4.78, 5) is 22.2. The molecular formula is C17H34O10S. The number of methoxy groups -OCH3 is 2. The van der Waals surface area contributed by atoms with Crippen LogP contribution in [-0.4, -0.2) is 83.6 Å². The molecule has 0 aliphatic carbocycles. The minimum atomic E-state index is -3.41. The fourth-order valence-corrected chi connectivity index (χ4v) is 2.02. The molecule has 0 spiro atoms. The lowest BCUT2D eigenvalue weighted by atomic mass is 10.1. The number of carbonyl (C=O) groups excluding carboxylic acids is 2. The molecule has 0 aromatic carbocycles. The Hall–Kier alpha value is -1.27. The molecule has 0 rings (SSSR count). The Balaban J connectivity index is 0. The topological polar surface area (TPSA) is 135 Å². The molecule has 0 atom stereocenters. The maximum absolute atomic E-state index is 11.2. The van der Waals surface area contributed by atoms with Crippen molar-refractivity contribution in [1.82, 2.24) is 0 Å². The van der Waals surface area contributed by atoms with Crippen molar-refractivity contribution in [2.75, 3.05) is 46.9 Å². The van der Waals surface area contributed by atoms with Crippen LogP contribution in [0.15, 0.2) is 0 Å². The van der Waals surface area contributed by atoms with Crippen LogP contribution in [0.4, 0.5) is 0 Å². The predicted molar refractivity (Wildman–Crippen MR) is 101 cm³/mol. The number of carbonyl (C=O) groups is 2. The number of hydrogen-bond acceptors (Lipinski definition) is 10. The Morgan fingerprint density at radius 3 is 1.54 bits per heavy atom. The SMILES string of the molecule is COC(=O)C(C)(C)OCCCO.COC(=O)C(C)(C)OCCCOS(C)(=O)=O. The third kappa shape index (κ3) is 14.7. The second-order valence-electron chi connectivity index (χ2n) is 6.66. The molecule has 1 N–H and O–H groups in total. The number of rotatable bonds is 12. The smallest absolute Gasteiger partial charge is 0.337 e. The molecule has 0 aliphatic heterocycles. The summed E-state index contributed by atoms with van der Waals surface area (Å²) >= 11 is 0. The van der Waals surface area contributed by atoms with Crippen molar-refractivity contribution in [3.05, 3.63) is 0 Å². The third-order valence-electron chi connectivity index (χ3n) is 3.17. The zero-order valence-electron chi connectivity index (χ0n) is 17.8. The Kier molecular flexibility index (Phi) is 14.3. The van der Waals surface area contributed by atoms with E-state index in [0.717, 1.165) is 6.26 Å². The van der Waals surface area contributed by atoms with Crippen LogP contribution in [0.3, 0.4) is 0 Å². The van der Waals surface area contributed by atoms with Crippen molar-refractivity contribution in [2.45, 2.75) is 51.7 Å². The number of ether oxygens (including phenoxy) is 4. The fourth-order valence-electron chi connectivity index (χ4n) is 1.60. The molecule has 0 aliphatic rings. The zero-order chi connectivity index (χ0) is 22.4. The van der Waals surface area contributed by atoms with E-state index in [-0.39, 0.29) is 19.8 Å². The predicted octanol–water partition coefficient (Wildman–Crippen LogP) is 0.658. The molecule has 0 saturated carbocycles. The van der Waals surface area contributed by atoms with Gasteiger partial charge in [-0.2, -0.15) is 8.42 Å². The van der Waals surface area contributed by atoms with Gasteiger partial charge in [-0.05, 0) is 40.5 Å². The van der Waals surface area contributed by atoms with Gasteiger partial charge in [0.05, 0.1) is 40.3 Å². The number of hydrogen-bond donors (Lipinski definition) is 1. The van der Waals surface area contributed by atoms with Crippen molar-refractivity contribution < 1.29 is 46.2 Å². The standard InChI is InChI=1S/C9H18O6S.C8H16O4/c1-9(2,8(10)13-3)14-6-5-7-15-16(4,11)12;1-8(2,7(10)11-3)12-6-4-5-9/h5-7H2,1-4H3;9H,4-6H2,1-3H3. The largest absolute Gasteiger partial charge is 0.467 e. The first-order valence-corrected chi connectivity index (χ1v) is 10.4. The molecular weight excluding hydrogens is 396 g/mol. The average molecular weight is 431 g/mol. The Morgan fingerprint density at radius 2 is 1.21 bits per heavy atom. The van der Waals surface area contributed by atoms with Crippen LogP contribution in [-0.2, 0) is 42.8 Å². The summed E-state index contributed by atoms with van der Waals surface area (Å²) in [5.41, 5.74) is -1.94. The van der Waals surface area contributed by atoms with E-state index in [2.05, 4.69) is 13.7 Å². The average Bonchev–Trinajstić information content (AvgIpc) is 2.59. The van der Waals surface area contributed by atoms with Crippen molar-refractivity contribution >= 4 is 22.1 Å². The van der Waals surface area contributed by atoms with E-state index in [1.54, 1.807) is 27.7 Å². The van der Waals surface area contributed by atoms with Crippen molar-refractivity contribution in [2.24, 2.45) is 0 Å². The summed E-state index contributed by atoms with van der Waals surface area (Å²) in [6, 6.07) is 0. The van der Waals surface area contributed by atoms with Crippen LogP contribution in [0, 0.1) is 0 Å². The van der Waals surface area contributed by atoms with Crippen molar-refractivity contribution in [3.63, 3.8) is 0 Å². The van der Waals surface area contributed by atoms with Crippen molar-refractivity contribution in [3.8, 4) is 0 Å². The molecule has 10 nitrogen and oxygen atoms in total. The first-order valence-electron chi connectivity index (χ1n) is 8.63. The first-order chi connectivity index (χ1) is 12.7. The van der Waals surface area contributed by atoms with E-state index < -0.39 is 33.3 Å². The fraction of sp³-hybridized carbons (Fsp3) is 0.882. The summed E-state index contributed by atoms with van der Waals surface area (Å²) in [5.74, 6) is -0.878. The number of aliphatic hydroxyl groups is 1. The van der Waals surface area contributed by atoms with Gasteiger partial charge in [0.2, 0.25) is 0 Å². The van der Waals surface area contributed by atoms with Crippen LogP contribution in [0.1, 0.15) is 40.5 Å². The summed E-state index contributed by atoms with van der Waals surface area (Å²) in [6.45, 7) is 7.11. The van der Waals surface area contributed by atoms with E-state index in [1.165, 1.54) is 14.2 Å². The molecule has 28 heavy (non-hydrogen) atoms. The van der Waals surface area contributed by atoms with Crippen LogP contribution in [0.25, 0.3) is 0 Å². The van der Waals surface area contributed by atoms with Gasteiger partial charge < -0.3 is 24.1 Å². The zero-order valence-corrected chi connectivity index (χ0v) is 18.6. The van der Waals surface area contributed by atoms with Gasteiger partial charge in [0.1, 0.15) is 0 Å². The van der Waals surface area contributed by atoms with Crippen molar-refractivity contribution in [1.29, 1.82) is 0 Å². The molecule has 0 heterocycles. The highest BCUT2D eigenvalue weighted by Crippen LogP contribution is 2.12. The number of esters is 2. The molecule has 11 heteroatoms. The normalized spacial score (nSPS) is 12.0. The quantitative estimate of drug-likeness (QED) is 0.267. The Bertz CT molecular complexity index is 554. The Labute approximate surface area is 167 Å². The molecule has 168 valence electrons. The minimum absolute atomic E-state index is 0.0378. The third-order valence-corrected chi connectivity index (χ3v) is 3.76. The molecule has 0 aromatic heterocycles. The van der Waals surface area contributed by atoms with Gasteiger partial charge in [0, 0.05) is 6.61 Å². The monoisotopic (exact) mass is 430 g/mol. The summed E-state index contributed by atoms with van der Waals surface area (Å²) in [5, 5.41) is 8.46.